The number of nitrogens with zero attached hydrogens (tertiary/aromatic N) is 1. The second kappa shape index (κ2) is 9.17. The van der Waals surface area contributed by atoms with Gasteiger partial charge in [0.25, 0.3) is 0 Å². The summed E-state index contributed by atoms with van der Waals surface area (Å²) in [6.45, 7) is 1.84. The average Bonchev–Trinajstić information content (AvgIpc) is 3.30. The molecule has 33 heavy (non-hydrogen) atoms. The number of ether oxygens (including phenoxy) is 3. The number of carbonyl (C=O) groups is 2. The van der Waals surface area contributed by atoms with E-state index in [1.165, 1.54) is 4.43 Å². The average molecular weight is 566 g/mol. The summed E-state index contributed by atoms with van der Waals surface area (Å²) in [7, 11) is 1.78. The van der Waals surface area contributed by atoms with E-state index < -0.39 is 5.41 Å². The Morgan fingerprint density at radius 2 is 2.00 bits per heavy atom. The van der Waals surface area contributed by atoms with E-state index in [0.717, 1.165) is 24.1 Å². The van der Waals surface area contributed by atoms with Crippen LogP contribution in [0.4, 0.5) is 16.2 Å². The number of unbranched alkanes of at least 4 members (excludes halogenated alkanes) is 1. The molecule has 1 aromatic carbocycles. The van der Waals surface area contributed by atoms with Crippen LogP contribution >= 0.6 is 0 Å². The fourth-order valence-electron chi connectivity index (χ4n) is 5.19. The summed E-state index contributed by atoms with van der Waals surface area (Å²) < 4.78 is 19.0. The molecule has 5 rings (SSSR count). The van der Waals surface area contributed by atoms with E-state index in [0.29, 0.717) is 58.2 Å². The van der Waals surface area contributed by atoms with Crippen molar-refractivity contribution in [3.63, 3.8) is 0 Å². The number of amides is 3. The predicted molar refractivity (Wildman–Crippen MR) is 120 cm³/mol. The molecule has 3 unspecified atom stereocenters. The monoisotopic (exact) mass is 566 g/mol. The van der Waals surface area contributed by atoms with Gasteiger partial charge >= 0.3 is 164 Å². The van der Waals surface area contributed by atoms with Crippen molar-refractivity contribution in [1.82, 2.24) is 5.32 Å². The summed E-state index contributed by atoms with van der Waals surface area (Å²) in [5, 5.41) is 5.96. The first-order valence-corrected chi connectivity index (χ1v) is 15.0. The molecule has 3 aliphatic heterocycles. The number of hydrogen-bond acceptors (Lipinski definition) is 5. The Hall–Kier alpha value is -2.27. The van der Waals surface area contributed by atoms with Gasteiger partial charge in [-0.2, -0.15) is 0 Å². The van der Waals surface area contributed by atoms with Crippen LogP contribution in [0.3, 0.4) is 0 Å². The molecule has 1 aliphatic carbocycles. The summed E-state index contributed by atoms with van der Waals surface area (Å²) in [5.41, 5.74) is 1.31. The van der Waals surface area contributed by atoms with Crippen LogP contribution in [0, 0.1) is 5.92 Å². The third kappa shape index (κ3) is 3.78. The van der Waals surface area contributed by atoms with Gasteiger partial charge in [-0.25, -0.2) is 0 Å². The van der Waals surface area contributed by atoms with Gasteiger partial charge in [0, 0.05) is 0 Å². The minimum absolute atomic E-state index is 0.0343. The molecule has 3 heterocycles. The summed E-state index contributed by atoms with van der Waals surface area (Å²) in [5.74, 6) is 1.05. The number of nitrogens with one attached hydrogen (secondary N) is 2. The molecule has 0 saturated carbocycles. The van der Waals surface area contributed by atoms with Crippen LogP contribution in [-0.2, 0) is 24.4 Å². The van der Waals surface area contributed by atoms with E-state index in [2.05, 4.69) is 15.6 Å². The number of anilines is 2. The number of benzene rings is 1. The number of carbonyl (C=O) groups excluding carboxylic acids is 2. The fraction of sp³-hybridized carbons (Fsp3) is 0.500. The zero-order valence-electron chi connectivity index (χ0n) is 18.9. The van der Waals surface area contributed by atoms with Gasteiger partial charge in [-0.05, 0) is 6.08 Å². The molecule has 0 radical (unpaired) electrons. The van der Waals surface area contributed by atoms with Crippen molar-refractivity contribution in [2.24, 2.45) is 5.92 Å². The van der Waals surface area contributed by atoms with E-state index in [4.69, 9.17) is 14.2 Å². The van der Waals surface area contributed by atoms with Crippen LogP contribution in [0.5, 0.6) is 0 Å². The molecule has 2 N–H and O–H groups in total. The maximum atomic E-state index is 13.7. The van der Waals surface area contributed by atoms with Gasteiger partial charge in [-0.1, -0.05) is 0 Å². The maximum absolute atomic E-state index is 13.7. The molecule has 8 nitrogen and oxygen atoms in total. The molecule has 1 aromatic rings. The van der Waals surface area contributed by atoms with Crippen molar-refractivity contribution >= 4 is 23.3 Å². The van der Waals surface area contributed by atoms with Crippen molar-refractivity contribution < 1.29 is 45.0 Å². The zero-order valence-corrected chi connectivity index (χ0v) is 21.0. The molecule has 0 aromatic heterocycles. The quantitative estimate of drug-likeness (QED) is 0.272. The van der Waals surface area contributed by atoms with Crippen LogP contribution in [0.25, 0.3) is 0 Å². The third-order valence-corrected chi connectivity index (χ3v) is 8.58. The van der Waals surface area contributed by atoms with Crippen LogP contribution in [0.15, 0.2) is 41.9 Å². The van der Waals surface area contributed by atoms with Crippen molar-refractivity contribution in [2.45, 2.75) is 24.4 Å². The van der Waals surface area contributed by atoms with Crippen molar-refractivity contribution in [2.75, 3.05) is 53.0 Å². The molecule has 1 spiro atoms. The number of urea groups is 1. The number of alkyl halides is 2. The van der Waals surface area contributed by atoms with E-state index in [1.54, 1.807) is 11.9 Å². The van der Waals surface area contributed by atoms with Gasteiger partial charge in [0.2, 0.25) is 0 Å². The number of likely N-dealkylation sites (N-methyl/N-ethyl adjacent to an activating group) is 1. The molecule has 2 fully saturated rings. The Bertz CT molecular complexity index is 1030. The number of halogens is 1. The Morgan fingerprint density at radius 3 is 2.79 bits per heavy atom. The van der Waals surface area contributed by atoms with Crippen molar-refractivity contribution in [1.29, 1.82) is 0 Å². The summed E-state index contributed by atoms with van der Waals surface area (Å²) in [6.07, 6.45) is 5.71. The molecule has 0 bridgehead atoms. The standard InChI is InChI=1S/C24H29IN3O5/c1-25-8-3-4-9-26-23(30)27-16-6-5-7-17-21(16)24(22(29)28(17)2)14-33-18-13-20-19(12-15(18)24)31-10-11-32-20/h5-7,12-13,15,18H,3-4,8-11,14H2,1-2H3,(H2,26,27,30)/q-1. The van der Waals surface area contributed by atoms with E-state index in [-0.39, 0.29) is 30.6 Å². The van der Waals surface area contributed by atoms with Gasteiger partial charge in [-0.3, -0.25) is 0 Å². The first kappa shape index (κ1) is 22.5. The molecular formula is C24H29IN3O5-. The Balaban J connectivity index is 1.44. The topological polar surface area (TPSA) is 89.1 Å². The van der Waals surface area contributed by atoms with Gasteiger partial charge in [0.15, 0.2) is 11.5 Å². The second-order valence-electron chi connectivity index (χ2n) is 8.64. The molecule has 3 amide bonds. The Morgan fingerprint density at radius 1 is 1.21 bits per heavy atom. The summed E-state index contributed by atoms with van der Waals surface area (Å²) in [6, 6.07) is 5.39. The van der Waals surface area contributed by atoms with Gasteiger partial charge < -0.3 is 9.47 Å². The number of fused-ring (bicyclic) bond motifs is 5. The summed E-state index contributed by atoms with van der Waals surface area (Å²) >= 11 is 0.297. The van der Waals surface area contributed by atoms with Crippen LogP contribution in [-0.4, -0.2) is 60.8 Å². The normalized spacial score (nSPS) is 27.2. The second-order valence-corrected chi connectivity index (χ2v) is 11.2. The number of hydrogen-bond donors (Lipinski definition) is 2. The van der Waals surface area contributed by atoms with E-state index >= 15 is 0 Å². The van der Waals surface area contributed by atoms with Crippen LogP contribution < -0.4 is 36.7 Å². The van der Waals surface area contributed by atoms with E-state index in [9.17, 15) is 9.59 Å². The Labute approximate surface area is 204 Å². The van der Waals surface area contributed by atoms with Gasteiger partial charge in [0.05, 0.1) is 0 Å². The van der Waals surface area contributed by atoms with Gasteiger partial charge in [-0.15, -0.1) is 0 Å². The van der Waals surface area contributed by atoms with Gasteiger partial charge in [0.1, 0.15) is 13.2 Å². The fourth-order valence-corrected chi connectivity index (χ4v) is 6.49. The van der Waals surface area contributed by atoms with Crippen molar-refractivity contribution in [3.8, 4) is 0 Å². The molecular weight excluding hydrogens is 537 g/mol. The number of rotatable bonds is 6. The predicted octanol–water partition coefficient (Wildman–Crippen LogP) is -0.635. The zero-order chi connectivity index (χ0) is 23.0. The van der Waals surface area contributed by atoms with Crippen molar-refractivity contribution in [3.05, 3.63) is 47.4 Å². The molecule has 178 valence electrons. The summed E-state index contributed by atoms with van der Waals surface area (Å²) in [4.78, 5) is 30.3. The Kier molecular flexibility index (Phi) is 6.26. The first-order chi connectivity index (χ1) is 16.1. The van der Waals surface area contributed by atoms with Crippen LogP contribution in [0.1, 0.15) is 18.4 Å². The molecule has 3 atom stereocenters. The minimum atomic E-state index is -0.931. The van der Waals surface area contributed by atoms with E-state index in [1.807, 2.05) is 30.4 Å². The third-order valence-electron chi connectivity index (χ3n) is 6.73. The SMILES string of the molecule is C[I-]CCCCNC(=O)Nc1cccc2c1C1(COC3C=C4OCCOC4=CC31)C(=O)N2C. The molecule has 2 saturated heterocycles. The molecule has 9 heteroatoms. The van der Waals surface area contributed by atoms with Crippen LogP contribution in [0.2, 0.25) is 0 Å². The first-order valence-electron chi connectivity index (χ1n) is 11.3. The molecule has 4 aliphatic rings.